The topological polar surface area (TPSA) is 158 Å². The van der Waals surface area contributed by atoms with Gasteiger partial charge >= 0.3 is 19.4 Å². The van der Waals surface area contributed by atoms with E-state index in [0.29, 0.717) is 4.57 Å². The van der Waals surface area contributed by atoms with Gasteiger partial charge in [0, 0.05) is 12.3 Å². The van der Waals surface area contributed by atoms with E-state index >= 15 is 4.39 Å². The molecule has 12 nitrogen and oxygen atoms in total. The molecule has 1 aliphatic heterocycles. The molecule has 1 aliphatic rings. The molecule has 0 aliphatic carbocycles. The number of para-hydroxylation sites is 1. The summed E-state index contributed by atoms with van der Waals surface area (Å²) in [6.07, 6.45) is -3.66. The second kappa shape index (κ2) is 11.5. The van der Waals surface area contributed by atoms with Crippen molar-refractivity contribution in [1.29, 1.82) is 0 Å². The molecule has 0 amide bonds. The Morgan fingerprint density at radius 3 is 2.50 bits per heavy atom. The van der Waals surface area contributed by atoms with Crippen LogP contribution in [-0.4, -0.2) is 63.4 Å². The average Bonchev–Trinajstić information content (AvgIpc) is 3.04. The van der Waals surface area contributed by atoms with E-state index in [1.807, 2.05) is 4.98 Å². The van der Waals surface area contributed by atoms with Gasteiger partial charge in [-0.1, -0.05) is 18.2 Å². The van der Waals surface area contributed by atoms with E-state index in [2.05, 4.69) is 5.09 Å². The van der Waals surface area contributed by atoms with E-state index < -0.39 is 74.0 Å². The number of aromatic amines is 1. The Hall–Kier alpha value is -2.90. The highest BCUT2D eigenvalue weighted by molar-refractivity contribution is 7.52. The maximum absolute atomic E-state index is 15.7. The van der Waals surface area contributed by atoms with Gasteiger partial charge in [-0.2, -0.15) is 5.09 Å². The summed E-state index contributed by atoms with van der Waals surface area (Å²) in [4.78, 5) is 37.9. The molecule has 15 heteroatoms. The minimum Gasteiger partial charge on any atom is -0.462 e. The number of aromatic nitrogens is 2. The van der Waals surface area contributed by atoms with Crippen LogP contribution in [0.5, 0.6) is 5.75 Å². The lowest BCUT2D eigenvalue weighted by atomic mass is 9.90. The van der Waals surface area contributed by atoms with Crippen LogP contribution in [0.3, 0.4) is 0 Å². The highest BCUT2D eigenvalue weighted by Crippen LogP contribution is 2.51. The number of hydrogen-bond donors (Lipinski definition) is 3. The third-order valence-electron chi connectivity index (χ3n) is 5.70. The summed E-state index contributed by atoms with van der Waals surface area (Å²) in [6, 6.07) is 7.39. The highest BCUT2D eigenvalue weighted by Gasteiger charge is 2.64. The van der Waals surface area contributed by atoms with Gasteiger partial charge in [0.25, 0.3) is 5.56 Å². The Morgan fingerprint density at radius 1 is 1.26 bits per heavy atom. The lowest BCUT2D eigenvalue weighted by Crippen LogP contribution is -2.52. The largest absolute Gasteiger partial charge is 0.462 e. The SMILES string of the molecule is CC(C)OC(=O)[C@H](C)NP(=O)(OC[C@]1(CF)O[C@@H](n2ccc(=O)[nH]c2=O)[C@](C)(F)[C@@H]1O)Oc1ccccc1. The third kappa shape index (κ3) is 6.38. The highest BCUT2D eigenvalue weighted by atomic mass is 31.2. The van der Waals surface area contributed by atoms with Gasteiger partial charge in [-0.3, -0.25) is 23.7 Å². The first-order valence-electron chi connectivity index (χ1n) is 11.6. The Bertz CT molecular complexity index is 1290. The molecule has 38 heavy (non-hydrogen) atoms. The molecule has 1 fully saturated rings. The van der Waals surface area contributed by atoms with Crippen LogP contribution in [0.15, 0.2) is 52.2 Å². The first-order chi connectivity index (χ1) is 17.7. The van der Waals surface area contributed by atoms with Crippen LogP contribution in [0.1, 0.15) is 33.9 Å². The quantitative estimate of drug-likeness (QED) is 0.274. The normalized spacial score (nSPS) is 27.6. The lowest BCUT2D eigenvalue weighted by molar-refractivity contribution is -0.149. The summed E-state index contributed by atoms with van der Waals surface area (Å²) in [7, 11) is -4.53. The van der Waals surface area contributed by atoms with Crippen LogP contribution in [0.2, 0.25) is 0 Å². The van der Waals surface area contributed by atoms with Crippen LogP contribution in [-0.2, 0) is 23.4 Å². The number of carbonyl (C=O) groups is 1. The summed E-state index contributed by atoms with van der Waals surface area (Å²) < 4.78 is 65.9. The van der Waals surface area contributed by atoms with Crippen molar-refractivity contribution in [1.82, 2.24) is 14.6 Å². The van der Waals surface area contributed by atoms with Crippen molar-refractivity contribution in [3.05, 3.63) is 63.4 Å². The molecule has 3 N–H and O–H groups in total. The fourth-order valence-electron chi connectivity index (χ4n) is 3.78. The van der Waals surface area contributed by atoms with Crippen molar-refractivity contribution >= 4 is 13.7 Å². The molecule has 0 spiro atoms. The summed E-state index contributed by atoms with van der Waals surface area (Å²) in [5.41, 5.74) is -7.04. The molecular weight excluding hydrogens is 531 g/mol. The Balaban J connectivity index is 1.90. The van der Waals surface area contributed by atoms with E-state index in [4.69, 9.17) is 18.5 Å². The number of hydrogen-bond acceptors (Lipinski definition) is 9. The standard InChI is InChI=1S/C23H30F2N3O9P/c1-14(2)35-18(30)15(3)27-38(33,37-16-8-6-5-7-9-16)34-13-23(12-24)19(31)22(4,25)20(36-23)28-11-10-17(29)26-21(28)32/h5-11,14-15,19-20,31H,12-13H2,1-4H3,(H,27,33)(H,26,29,32)/t15-,19-,20+,22+,23-,38?/m0/s1. The number of benzene rings is 1. The first-order valence-corrected chi connectivity index (χ1v) is 13.2. The fourth-order valence-corrected chi connectivity index (χ4v) is 5.32. The number of aliphatic hydroxyl groups excluding tert-OH is 1. The number of esters is 1. The number of halogens is 2. The fraction of sp³-hybridized carbons (Fsp3) is 0.522. The van der Waals surface area contributed by atoms with Crippen LogP contribution in [0.25, 0.3) is 0 Å². The number of H-pyrrole nitrogens is 1. The van der Waals surface area contributed by atoms with Gasteiger partial charge < -0.3 is 19.1 Å². The van der Waals surface area contributed by atoms with Crippen molar-refractivity contribution in [3.63, 3.8) is 0 Å². The smallest absolute Gasteiger partial charge is 0.459 e. The Labute approximate surface area is 216 Å². The molecule has 1 unspecified atom stereocenters. The third-order valence-corrected chi connectivity index (χ3v) is 7.32. The lowest BCUT2D eigenvalue weighted by Gasteiger charge is -2.31. The minimum atomic E-state index is -4.53. The van der Waals surface area contributed by atoms with Crippen molar-refractivity contribution in [2.45, 2.75) is 63.4 Å². The van der Waals surface area contributed by atoms with E-state index in [1.54, 1.807) is 32.0 Å². The number of carbonyl (C=O) groups excluding carboxylic acids is 1. The van der Waals surface area contributed by atoms with Gasteiger partial charge in [0.2, 0.25) is 0 Å². The number of aliphatic hydroxyl groups is 1. The van der Waals surface area contributed by atoms with Gasteiger partial charge in [0.1, 0.15) is 24.6 Å². The Morgan fingerprint density at radius 2 is 1.92 bits per heavy atom. The van der Waals surface area contributed by atoms with Crippen LogP contribution in [0.4, 0.5) is 8.78 Å². The van der Waals surface area contributed by atoms with Gasteiger partial charge in [-0.15, -0.1) is 0 Å². The van der Waals surface area contributed by atoms with Crippen LogP contribution < -0.4 is 20.9 Å². The number of alkyl halides is 2. The minimum absolute atomic E-state index is 0.0583. The molecule has 1 aromatic carbocycles. The number of rotatable bonds is 11. The van der Waals surface area contributed by atoms with E-state index in [1.165, 1.54) is 19.1 Å². The zero-order valence-corrected chi connectivity index (χ0v) is 22.0. The van der Waals surface area contributed by atoms with Gasteiger partial charge in [-0.05, 0) is 39.8 Å². The molecule has 3 rings (SSSR count). The molecular formula is C23H30F2N3O9P. The van der Waals surface area contributed by atoms with Crippen molar-refractivity contribution in [2.75, 3.05) is 13.3 Å². The second-order valence-corrected chi connectivity index (χ2v) is 10.9. The van der Waals surface area contributed by atoms with Crippen molar-refractivity contribution in [3.8, 4) is 5.75 Å². The van der Waals surface area contributed by atoms with E-state index in [-0.39, 0.29) is 5.75 Å². The molecule has 1 aromatic heterocycles. The van der Waals surface area contributed by atoms with Gasteiger partial charge in [-0.25, -0.2) is 18.1 Å². The predicted molar refractivity (Wildman–Crippen MR) is 130 cm³/mol. The molecule has 2 heterocycles. The first kappa shape index (κ1) is 29.7. The number of nitrogens with zero attached hydrogens (tertiary/aromatic N) is 1. The van der Waals surface area contributed by atoms with Gasteiger partial charge in [0.05, 0.1) is 12.7 Å². The molecule has 6 atom stereocenters. The summed E-state index contributed by atoms with van der Waals surface area (Å²) >= 11 is 0. The maximum atomic E-state index is 15.7. The molecule has 0 saturated carbocycles. The zero-order chi connectivity index (χ0) is 28.3. The monoisotopic (exact) mass is 561 g/mol. The molecule has 0 bridgehead atoms. The maximum Gasteiger partial charge on any atom is 0.459 e. The summed E-state index contributed by atoms with van der Waals surface area (Å²) in [5, 5.41) is 13.2. The van der Waals surface area contributed by atoms with E-state index in [9.17, 15) is 28.4 Å². The summed E-state index contributed by atoms with van der Waals surface area (Å²) in [5.74, 6) is -0.727. The van der Waals surface area contributed by atoms with Crippen molar-refractivity contribution < 1.29 is 41.8 Å². The van der Waals surface area contributed by atoms with E-state index in [0.717, 1.165) is 19.2 Å². The molecule has 210 valence electrons. The number of ether oxygens (including phenoxy) is 2. The summed E-state index contributed by atoms with van der Waals surface area (Å²) in [6.45, 7) is 2.88. The molecule has 0 radical (unpaired) electrons. The van der Waals surface area contributed by atoms with Crippen LogP contribution in [0, 0.1) is 0 Å². The average molecular weight is 561 g/mol. The number of nitrogens with one attached hydrogen (secondary N) is 2. The second-order valence-electron chi connectivity index (χ2n) is 9.25. The van der Waals surface area contributed by atoms with Crippen molar-refractivity contribution in [2.24, 2.45) is 0 Å². The van der Waals surface area contributed by atoms with Crippen LogP contribution >= 0.6 is 7.75 Å². The molecule has 1 saturated heterocycles. The van der Waals surface area contributed by atoms with Gasteiger partial charge in [0.15, 0.2) is 17.5 Å². The zero-order valence-electron chi connectivity index (χ0n) is 21.1. The predicted octanol–water partition coefficient (Wildman–Crippen LogP) is 2.00. The Kier molecular flexibility index (Phi) is 8.94. The molecule has 2 aromatic rings.